The molecule has 0 radical (unpaired) electrons. The fraction of sp³-hybridized carbons (Fsp3) is 0.333. The van der Waals surface area contributed by atoms with Gasteiger partial charge >= 0.3 is 0 Å². The van der Waals surface area contributed by atoms with Gasteiger partial charge in [0.1, 0.15) is 5.25 Å². The Morgan fingerprint density at radius 2 is 1.29 bits per heavy atom. The Bertz CT molecular complexity index is 1410. The summed E-state index contributed by atoms with van der Waals surface area (Å²) in [5, 5.41) is -0.763. The zero-order valence-electron chi connectivity index (χ0n) is 22.5. The van der Waals surface area contributed by atoms with Crippen LogP contribution < -0.4 is 9.80 Å². The SMILES string of the molecule is Cc1cc(N2CCCC2)ccc1C=CC=CC(c1ccc(N2CCCC2)cc1C)S(=O)(=O)c1ccccc1. The molecule has 0 bridgehead atoms. The van der Waals surface area contributed by atoms with E-state index in [-0.39, 0.29) is 0 Å². The highest BCUT2D eigenvalue weighted by molar-refractivity contribution is 7.91. The highest BCUT2D eigenvalue weighted by atomic mass is 32.2. The molecular formula is C33H38N2O2S. The molecule has 38 heavy (non-hydrogen) atoms. The molecule has 3 aromatic rings. The normalized spacial score (nSPS) is 17.2. The Labute approximate surface area is 228 Å². The lowest BCUT2D eigenvalue weighted by atomic mass is 10.0. The average molecular weight is 527 g/mol. The van der Waals surface area contributed by atoms with Crippen molar-refractivity contribution in [1.29, 1.82) is 0 Å². The van der Waals surface area contributed by atoms with Gasteiger partial charge in [-0.3, -0.25) is 0 Å². The van der Waals surface area contributed by atoms with Crippen molar-refractivity contribution >= 4 is 27.3 Å². The van der Waals surface area contributed by atoms with Crippen LogP contribution in [-0.4, -0.2) is 34.6 Å². The first-order chi connectivity index (χ1) is 18.4. The summed E-state index contributed by atoms with van der Waals surface area (Å²) >= 11 is 0. The van der Waals surface area contributed by atoms with Gasteiger partial charge in [0.15, 0.2) is 9.84 Å². The fourth-order valence-corrected chi connectivity index (χ4v) is 7.35. The quantitative estimate of drug-likeness (QED) is 0.289. The molecule has 5 heteroatoms. The van der Waals surface area contributed by atoms with E-state index in [1.807, 2.05) is 37.3 Å². The third-order valence-corrected chi connectivity index (χ3v) is 9.84. The molecule has 0 amide bonds. The lowest BCUT2D eigenvalue weighted by Gasteiger charge is -2.22. The molecule has 2 fully saturated rings. The van der Waals surface area contributed by atoms with E-state index in [1.165, 1.54) is 42.6 Å². The molecule has 0 N–H and O–H groups in total. The Morgan fingerprint density at radius 3 is 1.87 bits per heavy atom. The third-order valence-electron chi connectivity index (χ3n) is 7.83. The number of benzene rings is 3. The van der Waals surface area contributed by atoms with Gasteiger partial charge in [0.05, 0.1) is 4.90 Å². The van der Waals surface area contributed by atoms with Gasteiger partial charge in [0, 0.05) is 37.6 Å². The minimum Gasteiger partial charge on any atom is -0.372 e. The highest BCUT2D eigenvalue weighted by Crippen LogP contribution is 2.34. The van der Waals surface area contributed by atoms with Gasteiger partial charge in [-0.1, -0.05) is 54.6 Å². The molecule has 2 saturated heterocycles. The molecule has 0 aliphatic carbocycles. The summed E-state index contributed by atoms with van der Waals surface area (Å²) in [5.41, 5.74) is 6.66. The van der Waals surface area contributed by atoms with E-state index in [9.17, 15) is 8.42 Å². The summed E-state index contributed by atoms with van der Waals surface area (Å²) in [4.78, 5) is 5.17. The van der Waals surface area contributed by atoms with Crippen LogP contribution in [0.1, 0.15) is 53.2 Å². The van der Waals surface area contributed by atoms with Gasteiger partial charge in [0.25, 0.3) is 0 Å². The van der Waals surface area contributed by atoms with Crippen molar-refractivity contribution in [2.45, 2.75) is 49.7 Å². The van der Waals surface area contributed by atoms with Crippen LogP contribution in [-0.2, 0) is 9.84 Å². The number of nitrogens with zero attached hydrogens (tertiary/aromatic N) is 2. The van der Waals surface area contributed by atoms with Crippen LogP contribution in [0.4, 0.5) is 11.4 Å². The van der Waals surface area contributed by atoms with Gasteiger partial charge < -0.3 is 9.80 Å². The van der Waals surface area contributed by atoms with Crippen molar-refractivity contribution in [3.63, 3.8) is 0 Å². The van der Waals surface area contributed by atoms with Gasteiger partial charge in [-0.05, 0) is 98.2 Å². The predicted molar refractivity (Wildman–Crippen MR) is 160 cm³/mol. The van der Waals surface area contributed by atoms with E-state index < -0.39 is 15.1 Å². The Morgan fingerprint density at radius 1 is 0.711 bits per heavy atom. The van der Waals surface area contributed by atoms with Crippen LogP contribution >= 0.6 is 0 Å². The Hall–Kier alpha value is -3.31. The van der Waals surface area contributed by atoms with E-state index in [4.69, 9.17) is 0 Å². The molecule has 2 aliphatic rings. The van der Waals surface area contributed by atoms with E-state index in [0.29, 0.717) is 4.90 Å². The zero-order chi connectivity index (χ0) is 26.5. The molecule has 0 aromatic heterocycles. The molecule has 1 atom stereocenters. The average Bonchev–Trinajstić information content (AvgIpc) is 3.65. The molecule has 2 heterocycles. The summed E-state index contributed by atoms with van der Waals surface area (Å²) in [5.74, 6) is 0. The third kappa shape index (κ3) is 5.73. The maximum atomic E-state index is 13.8. The molecule has 198 valence electrons. The Kier molecular flexibility index (Phi) is 8.04. The van der Waals surface area contributed by atoms with Crippen molar-refractivity contribution in [2.24, 2.45) is 0 Å². The van der Waals surface area contributed by atoms with E-state index in [0.717, 1.165) is 42.9 Å². The van der Waals surface area contributed by atoms with Crippen molar-refractivity contribution < 1.29 is 8.42 Å². The molecule has 4 nitrogen and oxygen atoms in total. The summed E-state index contributed by atoms with van der Waals surface area (Å²) < 4.78 is 27.6. The molecular weight excluding hydrogens is 488 g/mol. The molecule has 3 aromatic carbocycles. The summed E-state index contributed by atoms with van der Waals surface area (Å²) in [6.45, 7) is 8.55. The number of anilines is 2. The van der Waals surface area contributed by atoms with E-state index in [1.54, 1.807) is 24.3 Å². The highest BCUT2D eigenvalue weighted by Gasteiger charge is 2.28. The van der Waals surface area contributed by atoms with Crippen molar-refractivity contribution in [3.05, 3.63) is 107 Å². The van der Waals surface area contributed by atoms with Crippen LogP contribution in [0.25, 0.3) is 6.08 Å². The van der Waals surface area contributed by atoms with Crippen LogP contribution in [0.15, 0.2) is 89.9 Å². The smallest absolute Gasteiger partial charge is 0.188 e. The molecule has 2 aliphatic heterocycles. The predicted octanol–water partition coefficient (Wildman–Crippen LogP) is 7.29. The number of aryl methyl sites for hydroxylation is 2. The van der Waals surface area contributed by atoms with E-state index >= 15 is 0 Å². The second-order valence-corrected chi connectivity index (χ2v) is 12.6. The molecule has 0 saturated carbocycles. The first-order valence-corrected chi connectivity index (χ1v) is 15.3. The fourth-order valence-electron chi connectivity index (χ4n) is 5.63. The van der Waals surface area contributed by atoms with Crippen LogP contribution in [0, 0.1) is 13.8 Å². The summed E-state index contributed by atoms with van der Waals surface area (Å²) in [7, 11) is -3.62. The lowest BCUT2D eigenvalue weighted by Crippen LogP contribution is -2.18. The van der Waals surface area contributed by atoms with Gasteiger partial charge in [0.2, 0.25) is 0 Å². The maximum Gasteiger partial charge on any atom is 0.188 e. The number of sulfone groups is 1. The standard InChI is InChI=1S/C33H38N2O2S/c1-26-24-29(34-20-8-9-21-34)17-16-28(26)12-6-7-15-33(38(36,37)31-13-4-3-5-14-31)32-19-18-30(25-27(32)2)35-22-10-11-23-35/h3-7,12-19,24-25,33H,8-11,20-23H2,1-2H3. The van der Waals surface area contributed by atoms with Gasteiger partial charge in [-0.25, -0.2) is 8.42 Å². The Balaban J connectivity index is 1.42. The first-order valence-electron chi connectivity index (χ1n) is 13.8. The topological polar surface area (TPSA) is 40.6 Å². The summed E-state index contributed by atoms with van der Waals surface area (Å²) in [6, 6.07) is 21.6. The van der Waals surface area contributed by atoms with Crippen molar-refractivity contribution in [1.82, 2.24) is 0 Å². The summed E-state index contributed by atoms with van der Waals surface area (Å²) in [6.07, 6.45) is 12.7. The zero-order valence-corrected chi connectivity index (χ0v) is 23.3. The lowest BCUT2D eigenvalue weighted by molar-refractivity contribution is 0.590. The number of allylic oxidation sites excluding steroid dienone is 2. The molecule has 0 spiro atoms. The second-order valence-electron chi connectivity index (χ2n) is 10.5. The number of rotatable bonds is 8. The van der Waals surface area contributed by atoms with E-state index in [2.05, 4.69) is 53.1 Å². The van der Waals surface area contributed by atoms with Crippen LogP contribution in [0.5, 0.6) is 0 Å². The minimum atomic E-state index is -3.62. The van der Waals surface area contributed by atoms with Crippen molar-refractivity contribution in [3.8, 4) is 0 Å². The van der Waals surface area contributed by atoms with Gasteiger partial charge in [-0.15, -0.1) is 0 Å². The maximum absolute atomic E-state index is 13.8. The monoisotopic (exact) mass is 526 g/mol. The largest absolute Gasteiger partial charge is 0.372 e. The first kappa shape index (κ1) is 26.3. The van der Waals surface area contributed by atoms with Crippen LogP contribution in [0.2, 0.25) is 0 Å². The second kappa shape index (κ2) is 11.6. The number of hydrogen-bond acceptors (Lipinski definition) is 4. The molecule has 1 unspecified atom stereocenters. The number of hydrogen-bond donors (Lipinski definition) is 0. The van der Waals surface area contributed by atoms with Crippen molar-refractivity contribution in [2.75, 3.05) is 36.0 Å². The van der Waals surface area contributed by atoms with Crippen LogP contribution in [0.3, 0.4) is 0 Å². The van der Waals surface area contributed by atoms with Gasteiger partial charge in [-0.2, -0.15) is 0 Å². The molecule has 5 rings (SSSR count). The minimum absolute atomic E-state index is 0.343.